The second kappa shape index (κ2) is 2.45. The molecule has 0 spiro atoms. The van der Waals surface area contributed by atoms with E-state index in [1.807, 2.05) is 6.92 Å². The van der Waals surface area contributed by atoms with Crippen LogP contribution >= 0.6 is 11.3 Å². The van der Waals surface area contributed by atoms with E-state index in [1.165, 1.54) is 10.4 Å². The fourth-order valence-corrected chi connectivity index (χ4v) is 2.55. The summed E-state index contributed by atoms with van der Waals surface area (Å²) in [6.07, 6.45) is 1.71. The molecule has 0 aliphatic heterocycles. The number of ketones is 1. The summed E-state index contributed by atoms with van der Waals surface area (Å²) < 4.78 is 0. The Morgan fingerprint density at radius 1 is 1.55 bits per heavy atom. The third-order valence-corrected chi connectivity index (χ3v) is 3.32. The van der Waals surface area contributed by atoms with Gasteiger partial charge in [-0.05, 0) is 23.4 Å². The highest BCUT2D eigenvalue weighted by molar-refractivity contribution is 7.10. The molecule has 1 nitrogen and oxygen atoms in total. The van der Waals surface area contributed by atoms with Crippen molar-refractivity contribution in [1.29, 1.82) is 0 Å². The smallest absolute Gasteiger partial charge is 0.140 e. The van der Waals surface area contributed by atoms with E-state index in [4.69, 9.17) is 0 Å². The van der Waals surface area contributed by atoms with Crippen LogP contribution in [0.25, 0.3) is 0 Å². The van der Waals surface area contributed by atoms with E-state index in [2.05, 4.69) is 11.4 Å². The maximum Gasteiger partial charge on any atom is 0.140 e. The Morgan fingerprint density at radius 2 is 2.36 bits per heavy atom. The molecule has 1 atom stereocenters. The van der Waals surface area contributed by atoms with Crippen LogP contribution in [0.4, 0.5) is 0 Å². The van der Waals surface area contributed by atoms with Gasteiger partial charge in [0.25, 0.3) is 0 Å². The second-order valence-corrected chi connectivity index (χ2v) is 3.99. The fraction of sp³-hybridized carbons (Fsp3) is 0.444. The van der Waals surface area contributed by atoms with Crippen molar-refractivity contribution in [3.63, 3.8) is 0 Å². The quantitative estimate of drug-likeness (QED) is 0.578. The molecule has 1 aliphatic carbocycles. The first-order valence-electron chi connectivity index (χ1n) is 3.88. The van der Waals surface area contributed by atoms with Gasteiger partial charge in [0, 0.05) is 17.2 Å². The average molecular weight is 166 g/mol. The molecule has 0 saturated heterocycles. The van der Waals surface area contributed by atoms with Crippen molar-refractivity contribution in [2.45, 2.75) is 25.7 Å². The summed E-state index contributed by atoms with van der Waals surface area (Å²) in [6, 6.07) is 2.09. The number of hydrogen-bond acceptors (Lipinski definition) is 2. The van der Waals surface area contributed by atoms with Gasteiger partial charge in [-0.2, -0.15) is 0 Å². The van der Waals surface area contributed by atoms with Crippen LogP contribution < -0.4 is 0 Å². The van der Waals surface area contributed by atoms with Crippen molar-refractivity contribution >= 4 is 17.1 Å². The van der Waals surface area contributed by atoms with Crippen LogP contribution in [0.15, 0.2) is 11.4 Å². The number of hydrogen-bond donors (Lipinski definition) is 0. The van der Waals surface area contributed by atoms with E-state index in [0.29, 0.717) is 5.78 Å². The zero-order chi connectivity index (χ0) is 7.84. The van der Waals surface area contributed by atoms with Gasteiger partial charge in [0.05, 0.1) is 0 Å². The molecule has 1 unspecified atom stereocenters. The fourth-order valence-electron chi connectivity index (χ4n) is 1.57. The number of aryl methyl sites for hydroxylation is 1. The van der Waals surface area contributed by atoms with Gasteiger partial charge >= 0.3 is 0 Å². The summed E-state index contributed by atoms with van der Waals surface area (Å²) >= 11 is 1.78. The predicted octanol–water partition coefficient (Wildman–Crippen LogP) is 2.37. The minimum atomic E-state index is 0.157. The molecule has 0 saturated carbocycles. The highest BCUT2D eigenvalue weighted by Gasteiger charge is 2.23. The molecule has 0 radical (unpaired) electrons. The molecule has 1 aromatic rings. The SMILES string of the molecule is CC1C(=O)CCc2sccc21. The molecule has 1 heterocycles. The van der Waals surface area contributed by atoms with Crippen molar-refractivity contribution in [2.75, 3.05) is 0 Å². The highest BCUT2D eigenvalue weighted by atomic mass is 32.1. The Kier molecular flexibility index (Phi) is 1.57. The number of carbonyl (C=O) groups is 1. The molecule has 2 rings (SSSR count). The number of Topliss-reactive ketones (excluding diaryl/α,β-unsaturated/α-hetero) is 1. The van der Waals surface area contributed by atoms with Gasteiger partial charge in [-0.15, -0.1) is 11.3 Å². The minimum absolute atomic E-state index is 0.157. The molecule has 0 bridgehead atoms. The van der Waals surface area contributed by atoms with Crippen LogP contribution in [-0.4, -0.2) is 5.78 Å². The van der Waals surface area contributed by atoms with Crippen LogP contribution in [0.2, 0.25) is 0 Å². The second-order valence-electron chi connectivity index (χ2n) is 2.99. The van der Waals surface area contributed by atoms with Gasteiger partial charge in [-0.1, -0.05) is 6.92 Å². The van der Waals surface area contributed by atoms with Gasteiger partial charge in [0.15, 0.2) is 0 Å². The van der Waals surface area contributed by atoms with Gasteiger partial charge < -0.3 is 0 Å². The standard InChI is InChI=1S/C9H10OS/c1-6-7-4-5-11-9(7)3-2-8(6)10/h4-6H,2-3H2,1H3. The maximum atomic E-state index is 11.3. The molecule has 1 aliphatic rings. The van der Waals surface area contributed by atoms with Gasteiger partial charge in [-0.3, -0.25) is 4.79 Å². The number of rotatable bonds is 0. The van der Waals surface area contributed by atoms with Gasteiger partial charge in [-0.25, -0.2) is 0 Å². The van der Waals surface area contributed by atoms with Crippen molar-refractivity contribution < 1.29 is 4.79 Å². The lowest BCUT2D eigenvalue weighted by molar-refractivity contribution is -0.120. The molecule has 1 aromatic heterocycles. The van der Waals surface area contributed by atoms with Crippen molar-refractivity contribution in [1.82, 2.24) is 0 Å². The number of thiophene rings is 1. The molecule has 11 heavy (non-hydrogen) atoms. The molecule has 0 fully saturated rings. The Labute approximate surface area is 70.1 Å². The summed E-state index contributed by atoms with van der Waals surface area (Å²) in [4.78, 5) is 12.7. The highest BCUT2D eigenvalue weighted by Crippen LogP contribution is 2.31. The van der Waals surface area contributed by atoms with Crippen LogP contribution in [0.5, 0.6) is 0 Å². The molecule has 0 aromatic carbocycles. The van der Waals surface area contributed by atoms with Crippen molar-refractivity contribution in [2.24, 2.45) is 0 Å². The van der Waals surface area contributed by atoms with E-state index >= 15 is 0 Å². The van der Waals surface area contributed by atoms with E-state index in [-0.39, 0.29) is 5.92 Å². The predicted molar refractivity (Wildman–Crippen MR) is 46.1 cm³/mol. The zero-order valence-electron chi connectivity index (χ0n) is 6.46. The van der Waals surface area contributed by atoms with E-state index in [0.717, 1.165) is 12.8 Å². The summed E-state index contributed by atoms with van der Waals surface area (Å²) in [7, 11) is 0. The normalized spacial score (nSPS) is 23.4. The molecule has 58 valence electrons. The monoisotopic (exact) mass is 166 g/mol. The van der Waals surface area contributed by atoms with E-state index < -0.39 is 0 Å². The molecular weight excluding hydrogens is 156 g/mol. The molecular formula is C9H10OS. The molecule has 0 N–H and O–H groups in total. The zero-order valence-corrected chi connectivity index (χ0v) is 7.28. The average Bonchev–Trinajstić information content (AvgIpc) is 2.45. The summed E-state index contributed by atoms with van der Waals surface area (Å²) in [6.45, 7) is 2.01. The molecule has 2 heteroatoms. The molecule has 0 amide bonds. The van der Waals surface area contributed by atoms with Gasteiger partial charge in [0.1, 0.15) is 5.78 Å². The van der Waals surface area contributed by atoms with E-state index in [9.17, 15) is 4.79 Å². The maximum absolute atomic E-state index is 11.3. The van der Waals surface area contributed by atoms with Crippen LogP contribution in [0, 0.1) is 0 Å². The first-order chi connectivity index (χ1) is 5.29. The number of fused-ring (bicyclic) bond motifs is 1. The van der Waals surface area contributed by atoms with Gasteiger partial charge in [0.2, 0.25) is 0 Å². The summed E-state index contributed by atoms with van der Waals surface area (Å²) in [5.74, 6) is 0.556. The lowest BCUT2D eigenvalue weighted by Gasteiger charge is -2.16. The lowest BCUT2D eigenvalue weighted by atomic mass is 9.88. The van der Waals surface area contributed by atoms with Crippen molar-refractivity contribution in [3.8, 4) is 0 Å². The minimum Gasteiger partial charge on any atom is -0.299 e. The Bertz CT molecular complexity index is 288. The van der Waals surface area contributed by atoms with Crippen molar-refractivity contribution in [3.05, 3.63) is 21.9 Å². The Morgan fingerprint density at radius 3 is 3.18 bits per heavy atom. The van der Waals surface area contributed by atoms with Crippen LogP contribution in [-0.2, 0) is 11.2 Å². The van der Waals surface area contributed by atoms with Crippen LogP contribution in [0.3, 0.4) is 0 Å². The topological polar surface area (TPSA) is 17.1 Å². The Hall–Kier alpha value is -0.630. The van der Waals surface area contributed by atoms with E-state index in [1.54, 1.807) is 11.3 Å². The summed E-state index contributed by atoms with van der Waals surface area (Å²) in [5, 5.41) is 2.08. The Balaban J connectivity index is 2.45. The summed E-state index contributed by atoms with van der Waals surface area (Å²) in [5.41, 5.74) is 1.27. The first-order valence-corrected chi connectivity index (χ1v) is 4.76. The van der Waals surface area contributed by atoms with Crippen LogP contribution in [0.1, 0.15) is 29.7 Å². The largest absolute Gasteiger partial charge is 0.299 e. The first kappa shape index (κ1) is 7.04. The third-order valence-electron chi connectivity index (χ3n) is 2.33. The number of carbonyl (C=O) groups excluding carboxylic acids is 1. The lowest BCUT2D eigenvalue weighted by Crippen LogP contribution is -2.15. The third kappa shape index (κ3) is 1.02.